The number of carboxylic acids is 1. The largest absolute Gasteiger partial charge is 0.493 e. The van der Waals surface area contributed by atoms with Gasteiger partial charge in [0.1, 0.15) is 5.76 Å². The molecule has 0 aliphatic carbocycles. The van der Waals surface area contributed by atoms with Gasteiger partial charge in [0.25, 0.3) is 0 Å². The van der Waals surface area contributed by atoms with E-state index in [0.29, 0.717) is 16.4 Å². The van der Waals surface area contributed by atoms with Crippen LogP contribution in [0.15, 0.2) is 16.5 Å². The molecule has 0 unspecified atom stereocenters. The lowest BCUT2D eigenvalue weighted by molar-refractivity contribution is -0.138. The van der Waals surface area contributed by atoms with Gasteiger partial charge in [-0.05, 0) is 24.6 Å². The molecule has 1 heterocycles. The Morgan fingerprint density at radius 1 is 1.45 bits per heavy atom. The maximum absolute atomic E-state index is 11.0. The van der Waals surface area contributed by atoms with E-state index in [4.69, 9.17) is 25.9 Å². The van der Waals surface area contributed by atoms with Crippen LogP contribution in [0.3, 0.4) is 0 Å². The summed E-state index contributed by atoms with van der Waals surface area (Å²) < 4.78 is 10.9. The molecule has 0 fully saturated rings. The maximum Gasteiger partial charge on any atom is 0.304 e. The Bertz CT molecular complexity index is 670. The third kappa shape index (κ3) is 2.48. The number of benzene rings is 1. The number of furan rings is 1. The summed E-state index contributed by atoms with van der Waals surface area (Å²) in [6.45, 7) is 5.53. The molecule has 1 aromatic heterocycles. The van der Waals surface area contributed by atoms with Crippen molar-refractivity contribution in [3.63, 3.8) is 0 Å². The molecular weight excluding hydrogens is 280 g/mol. The van der Waals surface area contributed by atoms with Crippen molar-refractivity contribution in [2.24, 2.45) is 0 Å². The number of carbonyl (C=O) groups is 1. The molecule has 0 spiro atoms. The molecule has 0 amide bonds. The zero-order valence-electron chi connectivity index (χ0n) is 11.9. The van der Waals surface area contributed by atoms with Crippen molar-refractivity contribution < 1.29 is 19.1 Å². The van der Waals surface area contributed by atoms with E-state index in [1.807, 2.05) is 26.8 Å². The molecule has 0 aliphatic heterocycles. The van der Waals surface area contributed by atoms with E-state index in [1.54, 1.807) is 13.2 Å². The van der Waals surface area contributed by atoms with Crippen molar-refractivity contribution in [1.82, 2.24) is 0 Å². The van der Waals surface area contributed by atoms with Crippen molar-refractivity contribution in [1.29, 1.82) is 0 Å². The lowest BCUT2D eigenvalue weighted by Crippen LogP contribution is -2.22. The van der Waals surface area contributed by atoms with Crippen molar-refractivity contribution in [3.05, 3.63) is 28.5 Å². The van der Waals surface area contributed by atoms with Crippen molar-refractivity contribution in [2.75, 3.05) is 7.11 Å². The number of rotatable bonds is 4. The lowest BCUT2D eigenvalue weighted by Gasteiger charge is -2.25. The quantitative estimate of drug-likeness (QED) is 0.920. The van der Waals surface area contributed by atoms with E-state index in [1.165, 1.54) is 0 Å². The predicted molar refractivity (Wildman–Crippen MR) is 77.8 cm³/mol. The molecule has 0 atom stereocenters. The maximum atomic E-state index is 11.0. The van der Waals surface area contributed by atoms with Gasteiger partial charge >= 0.3 is 5.97 Å². The highest BCUT2D eigenvalue weighted by Crippen LogP contribution is 2.42. The van der Waals surface area contributed by atoms with Gasteiger partial charge in [-0.2, -0.15) is 0 Å². The van der Waals surface area contributed by atoms with Crippen LogP contribution in [0.5, 0.6) is 5.75 Å². The molecule has 2 rings (SSSR count). The SMILES string of the molecule is COc1cc(C(C)(C)CC(=O)O)c(Cl)c2cc(C)oc12. The summed E-state index contributed by atoms with van der Waals surface area (Å²) in [5, 5.41) is 10.3. The standard InChI is InChI=1S/C15H17ClO4/c1-8-5-9-13(16)10(15(2,3)7-12(17)18)6-11(19-4)14(9)20-8/h5-6H,7H2,1-4H3,(H,17,18). The molecule has 0 aliphatic rings. The molecule has 0 saturated carbocycles. The fourth-order valence-electron chi connectivity index (χ4n) is 2.38. The second-order valence-electron chi connectivity index (χ2n) is 5.49. The minimum Gasteiger partial charge on any atom is -0.493 e. The molecule has 1 N–H and O–H groups in total. The summed E-state index contributed by atoms with van der Waals surface area (Å²) in [6.07, 6.45) is -0.0157. The molecule has 108 valence electrons. The summed E-state index contributed by atoms with van der Waals surface area (Å²) in [4.78, 5) is 11.0. The smallest absolute Gasteiger partial charge is 0.304 e. The minimum atomic E-state index is -0.867. The summed E-state index contributed by atoms with van der Waals surface area (Å²) in [5.41, 5.74) is 0.729. The third-order valence-electron chi connectivity index (χ3n) is 3.37. The van der Waals surface area contributed by atoms with Crippen LogP contribution in [0, 0.1) is 6.92 Å². The first-order valence-corrected chi connectivity index (χ1v) is 6.63. The first-order valence-electron chi connectivity index (χ1n) is 6.25. The number of carboxylic acid groups (broad SMARTS) is 1. The molecule has 0 radical (unpaired) electrons. The van der Waals surface area contributed by atoms with Gasteiger partial charge in [-0.1, -0.05) is 25.4 Å². The number of aliphatic carboxylic acids is 1. The van der Waals surface area contributed by atoms with Gasteiger partial charge < -0.3 is 14.3 Å². The Kier molecular flexibility index (Phi) is 3.69. The summed E-state index contributed by atoms with van der Waals surface area (Å²) in [5.74, 6) is 0.424. The highest BCUT2D eigenvalue weighted by Gasteiger charge is 2.29. The van der Waals surface area contributed by atoms with Gasteiger partial charge in [0, 0.05) is 10.8 Å². The normalized spacial score (nSPS) is 11.8. The van der Waals surface area contributed by atoms with Gasteiger partial charge in [-0.3, -0.25) is 4.79 Å². The van der Waals surface area contributed by atoms with Crippen LogP contribution in [-0.4, -0.2) is 18.2 Å². The van der Waals surface area contributed by atoms with Crippen molar-refractivity contribution >= 4 is 28.5 Å². The van der Waals surface area contributed by atoms with Gasteiger partial charge in [-0.15, -0.1) is 0 Å². The van der Waals surface area contributed by atoms with Crippen LogP contribution >= 0.6 is 11.6 Å². The van der Waals surface area contributed by atoms with Crippen LogP contribution in [0.2, 0.25) is 5.02 Å². The molecule has 1 aromatic carbocycles. The molecule has 5 heteroatoms. The average molecular weight is 297 g/mol. The van der Waals surface area contributed by atoms with E-state index in [-0.39, 0.29) is 6.42 Å². The Balaban J connectivity index is 2.70. The second-order valence-corrected chi connectivity index (χ2v) is 5.87. The molecule has 0 saturated heterocycles. The fraction of sp³-hybridized carbons (Fsp3) is 0.400. The van der Waals surface area contributed by atoms with Crippen LogP contribution in [0.1, 0.15) is 31.6 Å². The number of halogens is 1. The number of aryl methyl sites for hydroxylation is 1. The molecule has 20 heavy (non-hydrogen) atoms. The van der Waals surface area contributed by atoms with E-state index < -0.39 is 11.4 Å². The van der Waals surface area contributed by atoms with Gasteiger partial charge in [0.2, 0.25) is 0 Å². The molecular formula is C15H17ClO4. The zero-order chi connectivity index (χ0) is 15.1. The Morgan fingerprint density at radius 3 is 2.65 bits per heavy atom. The monoisotopic (exact) mass is 296 g/mol. The van der Waals surface area contributed by atoms with Crippen LogP contribution in [-0.2, 0) is 10.2 Å². The topological polar surface area (TPSA) is 59.7 Å². The Morgan fingerprint density at radius 2 is 2.10 bits per heavy atom. The summed E-state index contributed by atoms with van der Waals surface area (Å²) in [7, 11) is 1.55. The van der Waals surface area contributed by atoms with Gasteiger partial charge in [0.05, 0.1) is 18.6 Å². The van der Waals surface area contributed by atoms with Crippen LogP contribution < -0.4 is 4.74 Å². The number of hydrogen-bond acceptors (Lipinski definition) is 3. The Labute approximate surface area is 122 Å². The number of fused-ring (bicyclic) bond motifs is 1. The van der Waals surface area contributed by atoms with Crippen LogP contribution in [0.25, 0.3) is 11.0 Å². The lowest BCUT2D eigenvalue weighted by atomic mass is 9.81. The zero-order valence-corrected chi connectivity index (χ0v) is 12.7. The van der Waals surface area contributed by atoms with E-state index in [9.17, 15) is 4.79 Å². The van der Waals surface area contributed by atoms with Crippen LogP contribution in [0.4, 0.5) is 0 Å². The third-order valence-corrected chi connectivity index (χ3v) is 3.78. The second kappa shape index (κ2) is 5.02. The highest BCUT2D eigenvalue weighted by molar-refractivity contribution is 6.36. The van der Waals surface area contributed by atoms with Crippen molar-refractivity contribution in [2.45, 2.75) is 32.6 Å². The molecule has 4 nitrogen and oxygen atoms in total. The van der Waals surface area contributed by atoms with E-state index in [0.717, 1.165) is 16.7 Å². The number of ether oxygens (including phenoxy) is 1. The number of hydrogen-bond donors (Lipinski definition) is 1. The highest BCUT2D eigenvalue weighted by atomic mass is 35.5. The molecule has 2 aromatic rings. The molecule has 0 bridgehead atoms. The van der Waals surface area contributed by atoms with Gasteiger partial charge in [0.15, 0.2) is 11.3 Å². The summed E-state index contributed by atoms with van der Waals surface area (Å²) >= 11 is 6.44. The fourth-order valence-corrected chi connectivity index (χ4v) is 2.83. The predicted octanol–water partition coefficient (Wildman–Crippen LogP) is 4.16. The first kappa shape index (κ1) is 14.7. The number of methoxy groups -OCH3 is 1. The average Bonchev–Trinajstić information content (AvgIpc) is 2.70. The van der Waals surface area contributed by atoms with Crippen molar-refractivity contribution in [3.8, 4) is 5.75 Å². The first-order chi connectivity index (χ1) is 9.26. The van der Waals surface area contributed by atoms with E-state index >= 15 is 0 Å². The minimum absolute atomic E-state index is 0.0157. The van der Waals surface area contributed by atoms with Gasteiger partial charge in [-0.25, -0.2) is 0 Å². The van der Waals surface area contributed by atoms with E-state index in [2.05, 4.69) is 0 Å². The summed E-state index contributed by atoms with van der Waals surface area (Å²) in [6, 6.07) is 3.59. The Hall–Kier alpha value is -1.68.